The van der Waals surface area contributed by atoms with Crippen molar-refractivity contribution in [2.75, 3.05) is 13.6 Å². The largest absolute Gasteiger partial charge is 0.508 e. The van der Waals surface area contributed by atoms with Crippen LogP contribution in [0.1, 0.15) is 50.6 Å². The number of fused-ring (bicyclic) bond motifs is 2. The third-order valence-electron chi connectivity index (χ3n) is 5.55. The summed E-state index contributed by atoms with van der Waals surface area (Å²) >= 11 is 0. The summed E-state index contributed by atoms with van der Waals surface area (Å²) in [5.74, 6) is 1.17. The molecule has 2 heterocycles. The van der Waals surface area contributed by atoms with Crippen molar-refractivity contribution < 1.29 is 5.11 Å². The quantitative estimate of drug-likeness (QED) is 0.872. The summed E-state index contributed by atoms with van der Waals surface area (Å²) in [6, 6.07) is 9.70. The lowest BCUT2D eigenvalue weighted by molar-refractivity contribution is 0.131. The van der Waals surface area contributed by atoms with E-state index in [4.69, 9.17) is 0 Å². The molecule has 3 atom stereocenters. The van der Waals surface area contributed by atoms with Gasteiger partial charge in [-0.25, -0.2) is 0 Å². The van der Waals surface area contributed by atoms with E-state index in [-0.39, 0.29) is 0 Å². The number of hydrogen-bond acceptors (Lipinski definition) is 3. The van der Waals surface area contributed by atoms with Crippen molar-refractivity contribution >= 4 is 0 Å². The summed E-state index contributed by atoms with van der Waals surface area (Å²) in [4.78, 5) is 2.60. The summed E-state index contributed by atoms with van der Waals surface area (Å²) in [6.45, 7) is 3.35. The molecule has 3 nitrogen and oxygen atoms in total. The van der Waals surface area contributed by atoms with E-state index < -0.39 is 0 Å². The van der Waals surface area contributed by atoms with Gasteiger partial charge in [-0.05, 0) is 69.3 Å². The van der Waals surface area contributed by atoms with E-state index in [0.717, 1.165) is 31.0 Å². The summed E-state index contributed by atoms with van der Waals surface area (Å²) in [7, 11) is 2.30. The smallest absolute Gasteiger partial charge is 0.115 e. The molecule has 0 saturated carbocycles. The van der Waals surface area contributed by atoms with Gasteiger partial charge < -0.3 is 15.3 Å². The standard InChI is InChI=1S/C18H28N2O/c1-3-18(14-4-8-17(21)9-5-14)19-12-13-10-15-6-7-16(11-13)20(15)2/h4-5,8-9,13,15-16,18-19,21H,3,6-7,10-12H2,1-2H3. The fraction of sp³-hybridized carbons (Fsp3) is 0.667. The Hall–Kier alpha value is -1.06. The Labute approximate surface area is 128 Å². The Morgan fingerprint density at radius 2 is 1.81 bits per heavy atom. The summed E-state index contributed by atoms with van der Waals surface area (Å²) in [6.07, 6.45) is 6.59. The highest BCUT2D eigenvalue weighted by molar-refractivity contribution is 5.28. The molecule has 0 aliphatic carbocycles. The van der Waals surface area contributed by atoms with Crippen LogP contribution in [-0.2, 0) is 0 Å². The first-order chi connectivity index (χ1) is 10.2. The van der Waals surface area contributed by atoms with E-state index >= 15 is 0 Å². The topological polar surface area (TPSA) is 35.5 Å². The number of nitrogens with one attached hydrogen (secondary N) is 1. The normalized spacial score (nSPS) is 30.5. The number of nitrogens with zero attached hydrogens (tertiary/aromatic N) is 1. The van der Waals surface area contributed by atoms with Crippen molar-refractivity contribution in [2.24, 2.45) is 5.92 Å². The van der Waals surface area contributed by atoms with Crippen molar-refractivity contribution in [3.05, 3.63) is 29.8 Å². The maximum atomic E-state index is 9.41. The van der Waals surface area contributed by atoms with Gasteiger partial charge in [-0.1, -0.05) is 19.1 Å². The van der Waals surface area contributed by atoms with Crippen molar-refractivity contribution in [3.63, 3.8) is 0 Å². The maximum absolute atomic E-state index is 9.41. The lowest BCUT2D eigenvalue weighted by atomic mass is 9.90. The molecular formula is C18H28N2O. The highest BCUT2D eigenvalue weighted by Crippen LogP contribution is 2.37. The average molecular weight is 288 g/mol. The zero-order valence-corrected chi connectivity index (χ0v) is 13.3. The van der Waals surface area contributed by atoms with Gasteiger partial charge in [0.15, 0.2) is 0 Å². The molecule has 2 saturated heterocycles. The number of piperidine rings is 1. The number of phenols is 1. The van der Waals surface area contributed by atoms with Crippen LogP contribution < -0.4 is 5.32 Å². The predicted molar refractivity (Wildman–Crippen MR) is 86.4 cm³/mol. The fourth-order valence-corrected chi connectivity index (χ4v) is 4.20. The van der Waals surface area contributed by atoms with Crippen LogP contribution >= 0.6 is 0 Å². The molecule has 2 N–H and O–H groups in total. The molecule has 0 radical (unpaired) electrons. The van der Waals surface area contributed by atoms with E-state index in [1.807, 2.05) is 12.1 Å². The van der Waals surface area contributed by atoms with E-state index in [0.29, 0.717) is 11.8 Å². The molecular weight excluding hydrogens is 260 g/mol. The van der Waals surface area contributed by atoms with Gasteiger partial charge in [0.2, 0.25) is 0 Å². The van der Waals surface area contributed by atoms with Gasteiger partial charge in [-0.3, -0.25) is 0 Å². The fourth-order valence-electron chi connectivity index (χ4n) is 4.20. The number of rotatable bonds is 5. The Bertz CT molecular complexity index is 445. The number of aromatic hydroxyl groups is 1. The molecule has 3 unspecified atom stereocenters. The third kappa shape index (κ3) is 3.24. The van der Waals surface area contributed by atoms with Crippen LogP contribution in [0.15, 0.2) is 24.3 Å². The molecule has 1 aromatic carbocycles. The second-order valence-electron chi connectivity index (χ2n) is 6.85. The summed E-state index contributed by atoms with van der Waals surface area (Å²) in [5, 5.41) is 13.2. The zero-order chi connectivity index (χ0) is 14.8. The first kappa shape index (κ1) is 14.9. The van der Waals surface area contributed by atoms with Crippen molar-refractivity contribution in [2.45, 2.75) is 57.2 Å². The summed E-state index contributed by atoms with van der Waals surface area (Å²) in [5.41, 5.74) is 1.28. The van der Waals surface area contributed by atoms with Crippen LogP contribution in [-0.4, -0.2) is 35.7 Å². The van der Waals surface area contributed by atoms with Gasteiger partial charge in [-0.15, -0.1) is 0 Å². The molecule has 116 valence electrons. The van der Waals surface area contributed by atoms with Gasteiger partial charge in [0.1, 0.15) is 5.75 Å². The van der Waals surface area contributed by atoms with Crippen LogP contribution in [0, 0.1) is 5.92 Å². The second-order valence-corrected chi connectivity index (χ2v) is 6.85. The first-order valence-corrected chi connectivity index (χ1v) is 8.41. The number of benzene rings is 1. The highest BCUT2D eigenvalue weighted by Gasteiger charge is 2.38. The molecule has 21 heavy (non-hydrogen) atoms. The first-order valence-electron chi connectivity index (χ1n) is 8.41. The lowest BCUT2D eigenvalue weighted by Crippen LogP contribution is -2.42. The third-order valence-corrected chi connectivity index (χ3v) is 5.55. The SMILES string of the molecule is CCC(NCC1CC2CCC(C1)N2C)c1ccc(O)cc1. The van der Waals surface area contributed by atoms with Crippen LogP contribution in [0.3, 0.4) is 0 Å². The van der Waals surface area contributed by atoms with Gasteiger partial charge in [0, 0.05) is 18.1 Å². The molecule has 2 aliphatic heterocycles. The monoisotopic (exact) mass is 288 g/mol. The molecule has 3 rings (SSSR count). The molecule has 2 bridgehead atoms. The van der Waals surface area contributed by atoms with Gasteiger partial charge >= 0.3 is 0 Å². The molecule has 2 aliphatic rings. The zero-order valence-electron chi connectivity index (χ0n) is 13.3. The predicted octanol–water partition coefficient (Wildman–Crippen LogP) is 3.31. The van der Waals surface area contributed by atoms with E-state index in [1.54, 1.807) is 12.1 Å². The maximum Gasteiger partial charge on any atom is 0.115 e. The molecule has 0 amide bonds. The second kappa shape index (κ2) is 6.37. The minimum absolute atomic E-state index is 0.348. The molecule has 0 spiro atoms. The Morgan fingerprint density at radius 1 is 1.19 bits per heavy atom. The minimum Gasteiger partial charge on any atom is -0.508 e. The van der Waals surface area contributed by atoms with Crippen LogP contribution in [0.5, 0.6) is 5.75 Å². The minimum atomic E-state index is 0.348. The Kier molecular flexibility index (Phi) is 4.51. The number of hydrogen-bond donors (Lipinski definition) is 2. The van der Waals surface area contributed by atoms with Crippen molar-refractivity contribution in [3.8, 4) is 5.75 Å². The van der Waals surface area contributed by atoms with Crippen LogP contribution in [0.25, 0.3) is 0 Å². The number of phenolic OH excluding ortho intramolecular Hbond substituents is 1. The summed E-state index contributed by atoms with van der Waals surface area (Å²) < 4.78 is 0. The van der Waals surface area contributed by atoms with Gasteiger partial charge in [0.25, 0.3) is 0 Å². The van der Waals surface area contributed by atoms with Gasteiger partial charge in [-0.2, -0.15) is 0 Å². The molecule has 2 fully saturated rings. The molecule has 1 aromatic rings. The van der Waals surface area contributed by atoms with E-state index in [9.17, 15) is 5.11 Å². The Morgan fingerprint density at radius 3 is 2.38 bits per heavy atom. The van der Waals surface area contributed by atoms with E-state index in [1.165, 1.54) is 31.2 Å². The van der Waals surface area contributed by atoms with Crippen LogP contribution in [0.4, 0.5) is 0 Å². The highest BCUT2D eigenvalue weighted by atomic mass is 16.3. The van der Waals surface area contributed by atoms with Crippen LogP contribution in [0.2, 0.25) is 0 Å². The molecule has 0 aromatic heterocycles. The van der Waals surface area contributed by atoms with Crippen molar-refractivity contribution in [1.29, 1.82) is 0 Å². The van der Waals surface area contributed by atoms with E-state index in [2.05, 4.69) is 24.2 Å². The lowest BCUT2D eigenvalue weighted by Gasteiger charge is -2.37. The van der Waals surface area contributed by atoms with Gasteiger partial charge in [0.05, 0.1) is 0 Å². The Balaban J connectivity index is 1.55. The molecule has 3 heteroatoms. The van der Waals surface area contributed by atoms with Crippen molar-refractivity contribution in [1.82, 2.24) is 10.2 Å². The average Bonchev–Trinajstić information content (AvgIpc) is 2.72.